The molecule has 1 spiro atoms. The molecule has 0 unspecified atom stereocenters. The number of aliphatic hydroxyl groups is 1. The third kappa shape index (κ3) is 5.09. The number of β-amino-alcohol motifs (C(OH)–C–C–N with tert-alkyl or cyclic N) is 1. The van der Waals surface area contributed by atoms with Crippen LogP contribution in [0.4, 0.5) is 10.1 Å². The molecule has 43 heavy (non-hydrogen) atoms. The molecule has 1 aliphatic carbocycles. The lowest BCUT2D eigenvalue weighted by molar-refractivity contribution is -0.135. The van der Waals surface area contributed by atoms with Crippen molar-refractivity contribution < 1.29 is 14.3 Å². The Hall–Kier alpha value is -3.78. The van der Waals surface area contributed by atoms with Gasteiger partial charge in [-0.25, -0.2) is 4.39 Å². The summed E-state index contributed by atoms with van der Waals surface area (Å²) in [6.45, 7) is 4.67. The van der Waals surface area contributed by atoms with Crippen LogP contribution in [0.5, 0.6) is 0 Å². The Morgan fingerprint density at radius 3 is 2.42 bits per heavy atom. The largest absolute Gasteiger partial charge is 0.390 e. The van der Waals surface area contributed by atoms with Crippen LogP contribution in [0.15, 0.2) is 91.0 Å². The maximum atomic E-state index is 14.2. The quantitative estimate of drug-likeness (QED) is 0.292. The average molecular weight is 579 g/mol. The summed E-state index contributed by atoms with van der Waals surface area (Å²) in [5.41, 5.74) is 4.07. The van der Waals surface area contributed by atoms with Crippen molar-refractivity contribution in [1.29, 1.82) is 0 Å². The smallest absolute Gasteiger partial charge is 0.250 e. The van der Waals surface area contributed by atoms with Gasteiger partial charge in [0.1, 0.15) is 11.4 Å². The normalized spacial score (nSPS) is 21.2. The van der Waals surface area contributed by atoms with E-state index in [0.29, 0.717) is 32.1 Å². The van der Waals surface area contributed by atoms with E-state index in [4.69, 9.17) is 0 Å². The number of nitrogens with one attached hydrogen (secondary N) is 1. The number of carbonyl (C=O) groups excluding carboxylic acids is 1. The van der Waals surface area contributed by atoms with Crippen LogP contribution in [0.25, 0.3) is 10.8 Å². The van der Waals surface area contributed by atoms with Crippen LogP contribution in [0.3, 0.4) is 0 Å². The predicted molar refractivity (Wildman–Crippen MR) is 168 cm³/mol. The molecular formula is C36H39FN4O2. The highest BCUT2D eigenvalue weighted by molar-refractivity contribution is 5.94. The molecule has 2 saturated heterocycles. The molecule has 4 aromatic rings. The summed E-state index contributed by atoms with van der Waals surface area (Å²) in [5.74, 6) is -0.234. The number of carbonyl (C=O) groups is 1. The van der Waals surface area contributed by atoms with E-state index in [1.165, 1.54) is 34.0 Å². The number of anilines is 1. The molecule has 2 N–H and O–H groups in total. The van der Waals surface area contributed by atoms with Gasteiger partial charge in [-0.05, 0) is 77.9 Å². The summed E-state index contributed by atoms with van der Waals surface area (Å²) >= 11 is 0. The van der Waals surface area contributed by atoms with Gasteiger partial charge in [0.25, 0.3) is 0 Å². The van der Waals surface area contributed by atoms with E-state index in [2.05, 4.69) is 70.6 Å². The van der Waals surface area contributed by atoms with Crippen LogP contribution in [-0.4, -0.2) is 65.3 Å². The van der Waals surface area contributed by atoms with Gasteiger partial charge in [-0.3, -0.25) is 9.69 Å². The fourth-order valence-corrected chi connectivity index (χ4v) is 7.59. The SMILES string of the molecule is C[C@@H](NC[C@@H](O)CN1CN(c2ccc(F)cc2)C2(CCN([C@H]3Cc4cccc5cccc3c45)CC2)C1=O)c1ccccc1. The van der Waals surface area contributed by atoms with Crippen LogP contribution in [0, 0.1) is 5.82 Å². The van der Waals surface area contributed by atoms with Gasteiger partial charge in [-0.2, -0.15) is 0 Å². The Morgan fingerprint density at radius 1 is 0.953 bits per heavy atom. The van der Waals surface area contributed by atoms with Gasteiger partial charge in [-0.15, -0.1) is 0 Å². The molecule has 1 amide bonds. The monoisotopic (exact) mass is 578 g/mol. The number of aliphatic hydroxyl groups excluding tert-OH is 1. The molecule has 7 heteroatoms. The van der Waals surface area contributed by atoms with Crippen molar-refractivity contribution in [2.24, 2.45) is 0 Å². The fourth-order valence-electron chi connectivity index (χ4n) is 7.59. The summed E-state index contributed by atoms with van der Waals surface area (Å²) in [6.07, 6.45) is 1.65. The third-order valence-electron chi connectivity index (χ3n) is 9.90. The van der Waals surface area contributed by atoms with Crippen molar-refractivity contribution in [2.45, 2.75) is 49.9 Å². The van der Waals surface area contributed by atoms with Crippen molar-refractivity contribution in [3.63, 3.8) is 0 Å². The van der Waals surface area contributed by atoms with E-state index < -0.39 is 11.6 Å². The molecule has 222 valence electrons. The van der Waals surface area contributed by atoms with E-state index in [-0.39, 0.29) is 24.3 Å². The molecule has 0 radical (unpaired) electrons. The van der Waals surface area contributed by atoms with Gasteiger partial charge in [0.15, 0.2) is 0 Å². The summed E-state index contributed by atoms with van der Waals surface area (Å²) in [5, 5.41) is 17.1. The highest BCUT2D eigenvalue weighted by Crippen LogP contribution is 2.45. The van der Waals surface area contributed by atoms with Crippen molar-refractivity contribution in [3.05, 3.63) is 114 Å². The number of halogens is 1. The topological polar surface area (TPSA) is 59.1 Å². The van der Waals surface area contributed by atoms with Crippen molar-refractivity contribution >= 4 is 22.4 Å². The molecule has 6 nitrogen and oxygen atoms in total. The van der Waals surface area contributed by atoms with E-state index >= 15 is 0 Å². The maximum Gasteiger partial charge on any atom is 0.250 e. The Morgan fingerprint density at radius 2 is 1.67 bits per heavy atom. The summed E-state index contributed by atoms with van der Waals surface area (Å²) in [6, 6.07) is 30.2. The van der Waals surface area contributed by atoms with Gasteiger partial charge in [0.2, 0.25) is 5.91 Å². The number of amides is 1. The zero-order valence-electron chi connectivity index (χ0n) is 24.6. The zero-order valence-corrected chi connectivity index (χ0v) is 24.6. The first-order valence-corrected chi connectivity index (χ1v) is 15.5. The molecule has 3 atom stereocenters. The minimum atomic E-state index is -0.712. The van der Waals surface area contributed by atoms with Gasteiger partial charge in [0.05, 0.1) is 12.8 Å². The minimum Gasteiger partial charge on any atom is -0.390 e. The Bertz CT molecular complexity index is 1600. The van der Waals surface area contributed by atoms with Crippen molar-refractivity contribution in [2.75, 3.05) is 37.7 Å². The van der Waals surface area contributed by atoms with Crippen molar-refractivity contribution in [3.8, 4) is 0 Å². The number of rotatable bonds is 8. The van der Waals surface area contributed by atoms with Gasteiger partial charge >= 0.3 is 0 Å². The molecule has 0 saturated carbocycles. The molecule has 4 aromatic carbocycles. The highest BCUT2D eigenvalue weighted by Gasteiger charge is 2.54. The first-order chi connectivity index (χ1) is 20.9. The Labute approximate surface area is 252 Å². The van der Waals surface area contributed by atoms with Crippen LogP contribution < -0.4 is 10.2 Å². The minimum absolute atomic E-state index is 0.0587. The van der Waals surface area contributed by atoms with E-state index in [1.54, 1.807) is 17.0 Å². The molecular weight excluding hydrogens is 539 g/mol. The molecule has 2 heterocycles. The standard InChI is InChI=1S/C36H39FN4O2/c1-25(26-7-3-2-4-8-26)38-22-31(42)23-40-24-41(30-15-13-29(37)14-16-30)36(35(40)43)17-19-39(20-18-36)33-21-28-11-5-9-27-10-6-12-32(33)34(27)28/h2-16,25,31,33,38,42H,17-24H2,1H3/t25-,31-,33+/m1/s1. The lowest BCUT2D eigenvalue weighted by Crippen LogP contribution is -2.57. The lowest BCUT2D eigenvalue weighted by atomic mass is 9.84. The lowest BCUT2D eigenvalue weighted by Gasteiger charge is -2.45. The highest BCUT2D eigenvalue weighted by atomic mass is 19.1. The number of hydrogen-bond acceptors (Lipinski definition) is 5. The van der Waals surface area contributed by atoms with Crippen LogP contribution in [-0.2, 0) is 11.2 Å². The van der Waals surface area contributed by atoms with Crippen molar-refractivity contribution in [1.82, 2.24) is 15.1 Å². The summed E-state index contributed by atoms with van der Waals surface area (Å²) < 4.78 is 13.9. The third-order valence-corrected chi connectivity index (χ3v) is 9.90. The fraction of sp³-hybridized carbons (Fsp3) is 0.361. The number of benzene rings is 4. The summed E-state index contributed by atoms with van der Waals surface area (Å²) in [7, 11) is 0. The van der Waals surface area contributed by atoms with Gasteiger partial charge in [0, 0.05) is 44.0 Å². The molecule has 2 aliphatic heterocycles. The first kappa shape index (κ1) is 28.0. The Balaban J connectivity index is 1.08. The number of hydrogen-bond donors (Lipinski definition) is 2. The number of likely N-dealkylation sites (tertiary alicyclic amines) is 1. The van der Waals surface area contributed by atoms with E-state index in [1.807, 2.05) is 18.2 Å². The number of nitrogens with zero attached hydrogens (tertiary/aromatic N) is 3. The van der Waals surface area contributed by atoms with Crippen LogP contribution in [0.2, 0.25) is 0 Å². The molecule has 0 bridgehead atoms. The van der Waals surface area contributed by atoms with Gasteiger partial charge < -0.3 is 20.2 Å². The predicted octanol–water partition coefficient (Wildman–Crippen LogP) is 5.43. The Kier molecular flexibility index (Phi) is 7.41. The average Bonchev–Trinajstić information content (AvgIpc) is 3.54. The molecule has 0 aromatic heterocycles. The van der Waals surface area contributed by atoms with Crippen LogP contribution >= 0.6 is 0 Å². The second-order valence-corrected chi connectivity index (χ2v) is 12.4. The van der Waals surface area contributed by atoms with Gasteiger partial charge in [-0.1, -0.05) is 66.7 Å². The zero-order chi connectivity index (χ0) is 29.6. The molecule has 3 aliphatic rings. The molecule has 7 rings (SSSR count). The van der Waals surface area contributed by atoms with E-state index in [9.17, 15) is 14.3 Å². The van der Waals surface area contributed by atoms with E-state index in [0.717, 1.165) is 30.8 Å². The second kappa shape index (κ2) is 11.4. The van der Waals surface area contributed by atoms with Crippen LogP contribution in [0.1, 0.15) is 48.5 Å². The number of piperidine rings is 1. The maximum absolute atomic E-state index is 14.2. The molecule has 2 fully saturated rings. The summed E-state index contributed by atoms with van der Waals surface area (Å²) in [4.78, 5) is 20.7. The second-order valence-electron chi connectivity index (χ2n) is 12.4. The first-order valence-electron chi connectivity index (χ1n) is 15.5.